The molecule has 0 radical (unpaired) electrons. The maximum Gasteiger partial charge on any atom is 0.408 e. The number of amides is 1. The molecule has 0 aliphatic heterocycles. The van der Waals surface area contributed by atoms with E-state index in [4.69, 9.17) is 22.1 Å². The van der Waals surface area contributed by atoms with E-state index in [2.05, 4.69) is 27.1 Å². The average molecular weight is 283 g/mol. The van der Waals surface area contributed by atoms with Crippen LogP contribution < -0.4 is 11.1 Å². The van der Waals surface area contributed by atoms with Crippen LogP contribution in [0, 0.1) is 11.8 Å². The van der Waals surface area contributed by atoms with Crippen molar-refractivity contribution in [2.24, 2.45) is 0 Å². The molecule has 1 aromatic heterocycles. The number of hydrogen-bond acceptors (Lipinski definition) is 5. The largest absolute Gasteiger partial charge is 0.444 e. The van der Waals surface area contributed by atoms with Crippen molar-refractivity contribution in [1.29, 1.82) is 0 Å². The number of ether oxygens (including phenoxy) is 1. The van der Waals surface area contributed by atoms with Gasteiger partial charge in [0, 0.05) is 0 Å². The van der Waals surface area contributed by atoms with E-state index in [1.54, 1.807) is 20.8 Å². The van der Waals surface area contributed by atoms with E-state index in [-0.39, 0.29) is 23.2 Å². The van der Waals surface area contributed by atoms with E-state index >= 15 is 0 Å². The number of hydrogen-bond donors (Lipinski definition) is 2. The molecule has 3 N–H and O–H groups in total. The lowest BCUT2D eigenvalue weighted by Gasteiger charge is -2.18. The second-order valence-corrected chi connectivity index (χ2v) is 4.97. The Kier molecular flexibility index (Phi) is 4.95. The van der Waals surface area contributed by atoms with Gasteiger partial charge in [0.1, 0.15) is 10.8 Å². The molecule has 1 amide bonds. The van der Waals surface area contributed by atoms with E-state index in [9.17, 15) is 4.79 Å². The third-order valence-electron chi connectivity index (χ3n) is 1.70. The second-order valence-electron chi connectivity index (χ2n) is 4.58. The van der Waals surface area contributed by atoms with Crippen LogP contribution in [-0.4, -0.2) is 28.2 Å². The molecule has 0 spiro atoms. The zero-order valence-electron chi connectivity index (χ0n) is 11.0. The lowest BCUT2D eigenvalue weighted by Crippen LogP contribution is -2.32. The molecule has 7 heteroatoms. The molecule has 0 aromatic carbocycles. The van der Waals surface area contributed by atoms with Crippen molar-refractivity contribution < 1.29 is 9.53 Å². The van der Waals surface area contributed by atoms with Crippen LogP contribution in [0.5, 0.6) is 0 Å². The SMILES string of the molecule is CC(C)(C)OC(=O)NCC#Cc1nc(Cl)cnc1N. The molecule has 0 atom stereocenters. The van der Waals surface area contributed by atoms with Gasteiger partial charge in [-0.1, -0.05) is 17.5 Å². The molecule has 0 saturated carbocycles. The Hall–Kier alpha value is -2.00. The highest BCUT2D eigenvalue weighted by Crippen LogP contribution is 2.08. The fraction of sp³-hybridized carbons (Fsp3) is 0.417. The van der Waals surface area contributed by atoms with Crippen molar-refractivity contribution in [3.8, 4) is 11.8 Å². The highest BCUT2D eigenvalue weighted by atomic mass is 35.5. The van der Waals surface area contributed by atoms with Crippen molar-refractivity contribution in [2.75, 3.05) is 12.3 Å². The van der Waals surface area contributed by atoms with Crippen molar-refractivity contribution in [2.45, 2.75) is 26.4 Å². The second kappa shape index (κ2) is 6.25. The maximum atomic E-state index is 11.3. The molecular formula is C12H15ClN4O2. The summed E-state index contributed by atoms with van der Waals surface area (Å²) >= 11 is 5.67. The molecule has 19 heavy (non-hydrogen) atoms. The van der Waals surface area contributed by atoms with Gasteiger partial charge in [0.2, 0.25) is 0 Å². The summed E-state index contributed by atoms with van der Waals surface area (Å²) in [5.74, 6) is 5.54. The van der Waals surface area contributed by atoms with Crippen molar-refractivity contribution in [1.82, 2.24) is 15.3 Å². The molecule has 1 heterocycles. The monoisotopic (exact) mass is 282 g/mol. The Morgan fingerprint density at radius 1 is 1.58 bits per heavy atom. The van der Waals surface area contributed by atoms with Gasteiger partial charge < -0.3 is 15.8 Å². The number of nitrogens with zero attached hydrogens (tertiary/aromatic N) is 2. The van der Waals surface area contributed by atoms with E-state index in [1.807, 2.05) is 0 Å². The number of halogens is 1. The number of nitrogens with one attached hydrogen (secondary N) is 1. The van der Waals surface area contributed by atoms with Crippen LogP contribution >= 0.6 is 11.6 Å². The fourth-order valence-corrected chi connectivity index (χ4v) is 1.16. The number of alkyl carbamates (subject to hydrolysis) is 1. The summed E-state index contributed by atoms with van der Waals surface area (Å²) in [5.41, 5.74) is 5.30. The summed E-state index contributed by atoms with van der Waals surface area (Å²) in [6.07, 6.45) is 0.799. The first-order chi connectivity index (χ1) is 8.78. The quantitative estimate of drug-likeness (QED) is 0.764. The predicted molar refractivity (Wildman–Crippen MR) is 72.6 cm³/mol. The molecule has 0 saturated heterocycles. The summed E-state index contributed by atoms with van der Waals surface area (Å²) in [6, 6.07) is 0. The van der Waals surface area contributed by atoms with Crippen molar-refractivity contribution in [3.05, 3.63) is 17.0 Å². The Bertz CT molecular complexity index is 529. The number of rotatable bonds is 1. The number of nitrogens with two attached hydrogens (primary N) is 1. The van der Waals surface area contributed by atoms with Gasteiger partial charge in [-0.2, -0.15) is 0 Å². The van der Waals surface area contributed by atoms with E-state index in [0.29, 0.717) is 0 Å². The van der Waals surface area contributed by atoms with Crippen LogP contribution in [-0.2, 0) is 4.74 Å². The van der Waals surface area contributed by atoms with E-state index < -0.39 is 11.7 Å². The Morgan fingerprint density at radius 2 is 2.26 bits per heavy atom. The fourth-order valence-electron chi connectivity index (χ4n) is 1.03. The predicted octanol–water partition coefficient (Wildman–Crippen LogP) is 1.59. The smallest absolute Gasteiger partial charge is 0.408 e. The molecule has 1 aromatic rings. The van der Waals surface area contributed by atoms with E-state index in [0.717, 1.165) is 0 Å². The van der Waals surface area contributed by atoms with Crippen LogP contribution in [0.3, 0.4) is 0 Å². The molecule has 6 nitrogen and oxygen atoms in total. The van der Waals surface area contributed by atoms with Crippen LogP contribution in [0.4, 0.5) is 10.6 Å². The molecule has 102 valence electrons. The molecule has 0 fully saturated rings. The van der Waals surface area contributed by atoms with Gasteiger partial charge in [0.05, 0.1) is 12.7 Å². The highest BCUT2D eigenvalue weighted by molar-refractivity contribution is 6.29. The zero-order valence-corrected chi connectivity index (χ0v) is 11.7. The third kappa shape index (κ3) is 5.93. The van der Waals surface area contributed by atoms with Gasteiger partial charge in [0.15, 0.2) is 11.5 Å². The first-order valence-electron chi connectivity index (χ1n) is 5.51. The summed E-state index contributed by atoms with van der Waals surface area (Å²) < 4.78 is 5.04. The van der Waals surface area contributed by atoms with Gasteiger partial charge >= 0.3 is 6.09 Å². The molecule has 1 rings (SSSR count). The minimum atomic E-state index is -0.541. The topological polar surface area (TPSA) is 90.1 Å². The van der Waals surface area contributed by atoms with Crippen LogP contribution in [0.1, 0.15) is 26.5 Å². The van der Waals surface area contributed by atoms with Crippen LogP contribution in [0.25, 0.3) is 0 Å². The highest BCUT2D eigenvalue weighted by Gasteiger charge is 2.14. The first-order valence-corrected chi connectivity index (χ1v) is 5.89. The van der Waals surface area contributed by atoms with Gasteiger partial charge in [-0.3, -0.25) is 0 Å². The van der Waals surface area contributed by atoms with Crippen LogP contribution in [0.15, 0.2) is 6.20 Å². The van der Waals surface area contributed by atoms with Gasteiger partial charge in [0.25, 0.3) is 0 Å². The third-order valence-corrected chi connectivity index (χ3v) is 1.88. The lowest BCUT2D eigenvalue weighted by molar-refractivity contribution is 0.0535. The summed E-state index contributed by atoms with van der Waals surface area (Å²) in [4.78, 5) is 19.0. The Morgan fingerprint density at radius 3 is 2.89 bits per heavy atom. The summed E-state index contributed by atoms with van der Waals surface area (Å²) in [5, 5.41) is 2.69. The normalized spacial score (nSPS) is 10.3. The molecule has 0 aliphatic carbocycles. The number of aromatic nitrogens is 2. The molecule has 0 aliphatic rings. The van der Waals surface area contributed by atoms with Gasteiger partial charge in [-0.25, -0.2) is 14.8 Å². The van der Waals surface area contributed by atoms with Gasteiger partial charge in [-0.15, -0.1) is 0 Å². The maximum absolute atomic E-state index is 11.3. The minimum Gasteiger partial charge on any atom is -0.444 e. The van der Waals surface area contributed by atoms with E-state index in [1.165, 1.54) is 6.20 Å². The number of carbonyl (C=O) groups is 1. The first kappa shape index (κ1) is 15.1. The summed E-state index contributed by atoms with van der Waals surface area (Å²) in [7, 11) is 0. The number of carbonyl (C=O) groups excluding carboxylic acids is 1. The molecule has 0 bridgehead atoms. The molecular weight excluding hydrogens is 268 g/mol. The zero-order chi connectivity index (χ0) is 14.5. The minimum absolute atomic E-state index is 0.114. The Labute approximate surface area is 116 Å². The standard InChI is InChI=1S/C12H15ClN4O2/c1-12(2,3)19-11(18)15-6-4-5-8-10(14)16-7-9(13)17-8/h7H,6H2,1-3H3,(H2,14,16)(H,15,18). The average Bonchev–Trinajstić information content (AvgIpc) is 2.26. The van der Waals surface area contributed by atoms with Crippen molar-refractivity contribution in [3.63, 3.8) is 0 Å². The van der Waals surface area contributed by atoms with Gasteiger partial charge in [-0.05, 0) is 26.7 Å². The lowest BCUT2D eigenvalue weighted by atomic mass is 10.2. The van der Waals surface area contributed by atoms with Crippen molar-refractivity contribution >= 4 is 23.5 Å². The molecule has 0 unspecified atom stereocenters. The Balaban J connectivity index is 2.52. The summed E-state index contributed by atoms with van der Waals surface area (Å²) in [6.45, 7) is 5.45. The number of nitrogen functional groups attached to an aromatic ring is 1. The van der Waals surface area contributed by atoms with Crippen LogP contribution in [0.2, 0.25) is 5.15 Å². The number of anilines is 1.